The molecule has 1 saturated carbocycles. The number of benzene rings is 1. The summed E-state index contributed by atoms with van der Waals surface area (Å²) >= 11 is 0. The topological polar surface area (TPSA) is 49.8 Å². The predicted molar refractivity (Wildman–Crippen MR) is 103 cm³/mol. The van der Waals surface area contributed by atoms with Gasteiger partial charge in [0.25, 0.3) is 0 Å². The van der Waals surface area contributed by atoms with Crippen molar-refractivity contribution in [1.29, 1.82) is 0 Å². The Morgan fingerprint density at radius 2 is 2.16 bits per heavy atom. The fourth-order valence-corrected chi connectivity index (χ4v) is 2.77. The van der Waals surface area contributed by atoms with Gasteiger partial charge in [-0.2, -0.15) is 0 Å². The highest BCUT2D eigenvalue weighted by molar-refractivity contribution is 5.83. The number of aromatic nitrogens is 1. The second-order valence-corrected chi connectivity index (χ2v) is 6.60. The number of hydrogen-bond acceptors (Lipinski definition) is 3. The van der Waals surface area contributed by atoms with E-state index in [1.54, 1.807) is 0 Å². The number of guanidine groups is 1. The van der Waals surface area contributed by atoms with Crippen molar-refractivity contribution in [1.82, 2.24) is 15.2 Å². The van der Waals surface area contributed by atoms with Gasteiger partial charge in [-0.1, -0.05) is 24.3 Å². The third-order valence-corrected chi connectivity index (χ3v) is 4.43. The molecule has 1 aliphatic carbocycles. The molecule has 1 aromatic carbocycles. The SMILES string of the molecule is CCNC(=NCc1cccc2cccnc12)N(C)CCOCC1CC1. The summed E-state index contributed by atoms with van der Waals surface area (Å²) in [6.45, 7) is 6.04. The minimum Gasteiger partial charge on any atom is -0.379 e. The molecule has 1 N–H and O–H groups in total. The normalized spacial score (nSPS) is 14.7. The van der Waals surface area contributed by atoms with Crippen LogP contribution in [-0.2, 0) is 11.3 Å². The van der Waals surface area contributed by atoms with Crippen LogP contribution in [-0.4, -0.2) is 49.2 Å². The van der Waals surface area contributed by atoms with Crippen LogP contribution >= 0.6 is 0 Å². The highest BCUT2D eigenvalue weighted by atomic mass is 16.5. The average molecular weight is 340 g/mol. The summed E-state index contributed by atoms with van der Waals surface area (Å²) < 4.78 is 5.74. The third kappa shape index (κ3) is 5.16. The molecular weight excluding hydrogens is 312 g/mol. The van der Waals surface area contributed by atoms with Gasteiger partial charge in [-0.05, 0) is 37.3 Å². The molecule has 0 unspecified atom stereocenters. The highest BCUT2D eigenvalue weighted by Crippen LogP contribution is 2.28. The van der Waals surface area contributed by atoms with Crippen molar-refractivity contribution in [2.75, 3.05) is 33.4 Å². The van der Waals surface area contributed by atoms with Gasteiger partial charge in [-0.3, -0.25) is 4.98 Å². The van der Waals surface area contributed by atoms with Crippen LogP contribution in [0.5, 0.6) is 0 Å². The Morgan fingerprint density at radius 1 is 1.32 bits per heavy atom. The molecular formula is C20H28N4O. The zero-order chi connectivity index (χ0) is 17.5. The molecule has 0 spiro atoms. The van der Waals surface area contributed by atoms with E-state index in [1.165, 1.54) is 12.8 Å². The van der Waals surface area contributed by atoms with E-state index in [0.717, 1.165) is 54.6 Å². The van der Waals surface area contributed by atoms with Crippen molar-refractivity contribution in [3.63, 3.8) is 0 Å². The molecule has 134 valence electrons. The van der Waals surface area contributed by atoms with E-state index in [0.29, 0.717) is 6.54 Å². The van der Waals surface area contributed by atoms with Crippen molar-refractivity contribution in [3.05, 3.63) is 42.1 Å². The minimum atomic E-state index is 0.615. The summed E-state index contributed by atoms with van der Waals surface area (Å²) in [5.74, 6) is 1.72. The lowest BCUT2D eigenvalue weighted by molar-refractivity contribution is 0.115. The number of likely N-dealkylation sites (N-methyl/N-ethyl adjacent to an activating group) is 1. The number of ether oxygens (including phenoxy) is 1. The summed E-state index contributed by atoms with van der Waals surface area (Å²) in [5.41, 5.74) is 2.17. The molecule has 1 aromatic heterocycles. The number of nitrogens with one attached hydrogen (secondary N) is 1. The van der Waals surface area contributed by atoms with E-state index in [1.807, 2.05) is 12.3 Å². The monoisotopic (exact) mass is 340 g/mol. The predicted octanol–water partition coefficient (Wildman–Crippen LogP) is 3.06. The first kappa shape index (κ1) is 17.7. The summed E-state index contributed by atoms with van der Waals surface area (Å²) in [7, 11) is 2.06. The van der Waals surface area contributed by atoms with Crippen molar-refractivity contribution in [2.24, 2.45) is 10.9 Å². The second-order valence-electron chi connectivity index (χ2n) is 6.60. The molecule has 0 aliphatic heterocycles. The maximum atomic E-state index is 5.74. The summed E-state index contributed by atoms with van der Waals surface area (Å²) in [6, 6.07) is 10.3. The summed E-state index contributed by atoms with van der Waals surface area (Å²) in [6.07, 6.45) is 4.50. The third-order valence-electron chi connectivity index (χ3n) is 4.43. The van der Waals surface area contributed by atoms with Gasteiger partial charge in [0.15, 0.2) is 5.96 Å². The molecule has 1 fully saturated rings. The highest BCUT2D eigenvalue weighted by Gasteiger charge is 2.21. The fraction of sp³-hybridized carbons (Fsp3) is 0.500. The lowest BCUT2D eigenvalue weighted by atomic mass is 10.1. The van der Waals surface area contributed by atoms with Gasteiger partial charge < -0.3 is 15.0 Å². The molecule has 3 rings (SSSR count). The quantitative estimate of drug-likeness (QED) is 0.456. The van der Waals surface area contributed by atoms with Crippen LogP contribution in [0.25, 0.3) is 10.9 Å². The molecule has 0 saturated heterocycles. The minimum absolute atomic E-state index is 0.615. The fourth-order valence-electron chi connectivity index (χ4n) is 2.77. The maximum Gasteiger partial charge on any atom is 0.194 e. The van der Waals surface area contributed by atoms with Crippen LogP contribution in [0.3, 0.4) is 0 Å². The van der Waals surface area contributed by atoms with Crippen molar-refractivity contribution >= 4 is 16.9 Å². The number of para-hydroxylation sites is 1. The van der Waals surface area contributed by atoms with Gasteiger partial charge in [0.2, 0.25) is 0 Å². The van der Waals surface area contributed by atoms with Crippen LogP contribution < -0.4 is 5.32 Å². The smallest absolute Gasteiger partial charge is 0.194 e. The number of nitrogens with zero attached hydrogens (tertiary/aromatic N) is 3. The van der Waals surface area contributed by atoms with E-state index in [4.69, 9.17) is 9.73 Å². The van der Waals surface area contributed by atoms with Gasteiger partial charge in [0, 0.05) is 38.3 Å². The van der Waals surface area contributed by atoms with Crippen LogP contribution in [0.2, 0.25) is 0 Å². The number of fused-ring (bicyclic) bond motifs is 1. The average Bonchev–Trinajstić information content (AvgIpc) is 3.46. The van der Waals surface area contributed by atoms with E-state index >= 15 is 0 Å². The van der Waals surface area contributed by atoms with Crippen LogP contribution in [0.4, 0.5) is 0 Å². The van der Waals surface area contributed by atoms with E-state index in [2.05, 4.69) is 53.4 Å². The van der Waals surface area contributed by atoms with E-state index in [-0.39, 0.29) is 0 Å². The molecule has 0 bridgehead atoms. The van der Waals surface area contributed by atoms with Gasteiger partial charge in [0.1, 0.15) is 0 Å². The molecule has 0 amide bonds. The molecule has 5 heteroatoms. The molecule has 25 heavy (non-hydrogen) atoms. The Balaban J connectivity index is 1.61. The molecule has 5 nitrogen and oxygen atoms in total. The molecule has 0 atom stereocenters. The first-order valence-electron chi connectivity index (χ1n) is 9.17. The van der Waals surface area contributed by atoms with Gasteiger partial charge >= 0.3 is 0 Å². The van der Waals surface area contributed by atoms with Crippen LogP contribution in [0.15, 0.2) is 41.5 Å². The van der Waals surface area contributed by atoms with Crippen molar-refractivity contribution < 1.29 is 4.74 Å². The van der Waals surface area contributed by atoms with Crippen molar-refractivity contribution in [3.8, 4) is 0 Å². The lowest BCUT2D eigenvalue weighted by Gasteiger charge is -2.22. The first-order chi connectivity index (χ1) is 12.3. The molecule has 1 heterocycles. The molecule has 2 aromatic rings. The summed E-state index contributed by atoms with van der Waals surface area (Å²) in [4.78, 5) is 11.4. The Hall–Kier alpha value is -2.14. The number of pyridine rings is 1. The Morgan fingerprint density at radius 3 is 2.96 bits per heavy atom. The van der Waals surface area contributed by atoms with Crippen molar-refractivity contribution in [2.45, 2.75) is 26.3 Å². The molecule has 0 radical (unpaired) electrons. The first-order valence-corrected chi connectivity index (χ1v) is 9.17. The number of hydrogen-bond donors (Lipinski definition) is 1. The van der Waals surface area contributed by atoms with Crippen LogP contribution in [0, 0.1) is 5.92 Å². The number of aliphatic imine (C=N–C) groups is 1. The zero-order valence-electron chi connectivity index (χ0n) is 15.2. The lowest BCUT2D eigenvalue weighted by Crippen LogP contribution is -2.40. The molecule has 1 aliphatic rings. The Labute approximate surface area is 150 Å². The number of rotatable bonds is 8. The largest absolute Gasteiger partial charge is 0.379 e. The van der Waals surface area contributed by atoms with E-state index in [9.17, 15) is 0 Å². The maximum absolute atomic E-state index is 5.74. The summed E-state index contributed by atoms with van der Waals surface area (Å²) in [5, 5.41) is 4.52. The Bertz CT molecular complexity index is 706. The van der Waals surface area contributed by atoms with Gasteiger partial charge in [-0.25, -0.2) is 4.99 Å². The van der Waals surface area contributed by atoms with Gasteiger partial charge in [0.05, 0.1) is 18.7 Å². The standard InChI is InChI=1S/C20H28N4O/c1-3-21-20(24(2)12-13-25-15-16-9-10-16)23-14-18-7-4-6-17-8-5-11-22-19(17)18/h4-8,11,16H,3,9-10,12-15H2,1-2H3,(H,21,23). The second kappa shape index (κ2) is 8.81. The van der Waals surface area contributed by atoms with E-state index < -0.39 is 0 Å². The zero-order valence-corrected chi connectivity index (χ0v) is 15.2. The Kier molecular flexibility index (Phi) is 6.23. The van der Waals surface area contributed by atoms with Gasteiger partial charge in [-0.15, -0.1) is 0 Å². The van der Waals surface area contributed by atoms with Crippen LogP contribution in [0.1, 0.15) is 25.3 Å².